The molecular weight excluding hydrogens is 156 g/mol. The van der Waals surface area contributed by atoms with E-state index in [9.17, 15) is 9.90 Å². The molecule has 1 rings (SSSR count). The van der Waals surface area contributed by atoms with Crippen molar-refractivity contribution in [1.29, 1.82) is 0 Å². The summed E-state index contributed by atoms with van der Waals surface area (Å²) < 4.78 is 3.22. The largest absolute Gasteiger partial charge is 0.538 e. The van der Waals surface area contributed by atoms with Crippen molar-refractivity contribution < 1.29 is 14.5 Å². The molecule has 0 radical (unpaired) electrons. The standard InChI is InChI=1S/C8H12N2O2/c1-3-4-10-6-5-9(2)7(10)8(11)12/h5-6H,3-4H2,1-2H3. The van der Waals surface area contributed by atoms with Gasteiger partial charge in [-0.15, -0.1) is 0 Å². The topological polar surface area (TPSA) is 48.9 Å². The summed E-state index contributed by atoms with van der Waals surface area (Å²) in [6.45, 7) is 2.71. The summed E-state index contributed by atoms with van der Waals surface area (Å²) >= 11 is 0. The number of rotatable bonds is 3. The van der Waals surface area contributed by atoms with Gasteiger partial charge in [0.05, 0.1) is 13.6 Å². The van der Waals surface area contributed by atoms with Crippen molar-refractivity contribution in [2.45, 2.75) is 19.9 Å². The summed E-state index contributed by atoms with van der Waals surface area (Å²) in [6, 6.07) is 0. The number of carbonyl (C=O) groups excluding carboxylic acids is 1. The van der Waals surface area contributed by atoms with Gasteiger partial charge in [0.2, 0.25) is 0 Å². The van der Waals surface area contributed by atoms with Crippen molar-refractivity contribution >= 4 is 5.97 Å². The summed E-state index contributed by atoms with van der Waals surface area (Å²) in [4.78, 5) is 10.6. The minimum Gasteiger partial charge on any atom is -0.538 e. The molecule has 0 aliphatic rings. The Hall–Kier alpha value is -1.32. The van der Waals surface area contributed by atoms with E-state index in [1.807, 2.05) is 6.92 Å². The monoisotopic (exact) mass is 168 g/mol. The molecule has 0 fully saturated rings. The fraction of sp³-hybridized carbons (Fsp3) is 0.500. The predicted molar refractivity (Wildman–Crippen MR) is 40.2 cm³/mol. The Morgan fingerprint density at radius 2 is 2.42 bits per heavy atom. The maximum atomic E-state index is 10.6. The third-order valence-corrected chi connectivity index (χ3v) is 1.72. The van der Waals surface area contributed by atoms with E-state index in [1.54, 1.807) is 28.6 Å². The van der Waals surface area contributed by atoms with Gasteiger partial charge in [-0.2, -0.15) is 0 Å². The molecule has 1 aromatic heterocycles. The molecular formula is C8H12N2O2. The zero-order valence-electron chi connectivity index (χ0n) is 7.28. The second-order valence-corrected chi connectivity index (χ2v) is 2.71. The smallest absolute Gasteiger partial charge is 0.304 e. The van der Waals surface area contributed by atoms with E-state index < -0.39 is 5.97 Å². The molecule has 0 atom stereocenters. The fourth-order valence-corrected chi connectivity index (χ4v) is 1.21. The third-order valence-electron chi connectivity index (χ3n) is 1.72. The normalized spacial score (nSPS) is 10.2. The molecule has 4 nitrogen and oxygen atoms in total. The number of imidazole rings is 1. The van der Waals surface area contributed by atoms with E-state index >= 15 is 0 Å². The molecule has 1 heterocycles. The molecule has 0 unspecified atom stereocenters. The SMILES string of the molecule is CCCn1cc[n+](C)c1C(=O)[O-]. The van der Waals surface area contributed by atoms with E-state index in [2.05, 4.69) is 0 Å². The van der Waals surface area contributed by atoms with E-state index in [1.165, 1.54) is 0 Å². The molecule has 0 aliphatic heterocycles. The van der Waals surface area contributed by atoms with Gasteiger partial charge in [0, 0.05) is 0 Å². The summed E-state index contributed by atoms with van der Waals surface area (Å²) in [5.74, 6) is -0.909. The highest BCUT2D eigenvalue weighted by molar-refractivity contribution is 5.79. The Balaban J connectivity index is 3.04. The molecule has 12 heavy (non-hydrogen) atoms. The first-order valence-electron chi connectivity index (χ1n) is 3.93. The second kappa shape index (κ2) is 3.38. The highest BCUT2D eigenvalue weighted by atomic mass is 16.4. The average molecular weight is 168 g/mol. The van der Waals surface area contributed by atoms with Gasteiger partial charge in [0.25, 0.3) is 0 Å². The average Bonchev–Trinajstić information content (AvgIpc) is 2.32. The van der Waals surface area contributed by atoms with Gasteiger partial charge in [0.1, 0.15) is 12.4 Å². The number of carbonyl (C=O) groups is 1. The molecule has 0 saturated carbocycles. The minimum absolute atomic E-state index is 0.219. The lowest BCUT2D eigenvalue weighted by Gasteiger charge is -2.00. The number of hydrogen-bond acceptors (Lipinski definition) is 2. The van der Waals surface area contributed by atoms with E-state index in [0.29, 0.717) is 6.54 Å². The van der Waals surface area contributed by atoms with Gasteiger partial charge in [-0.25, -0.2) is 9.13 Å². The number of aromatic carboxylic acids is 1. The molecule has 1 aromatic rings. The van der Waals surface area contributed by atoms with E-state index in [-0.39, 0.29) is 5.82 Å². The van der Waals surface area contributed by atoms with Crippen LogP contribution in [0.15, 0.2) is 12.4 Å². The predicted octanol–water partition coefficient (Wildman–Crippen LogP) is -0.914. The Labute approximate surface area is 71.1 Å². The Bertz CT molecular complexity index is 291. The van der Waals surface area contributed by atoms with Crippen molar-refractivity contribution in [1.82, 2.24) is 4.57 Å². The molecule has 0 aliphatic carbocycles. The van der Waals surface area contributed by atoms with Gasteiger partial charge in [-0.05, 0) is 6.42 Å². The number of hydrogen-bond donors (Lipinski definition) is 0. The van der Waals surface area contributed by atoms with Crippen LogP contribution >= 0.6 is 0 Å². The van der Waals surface area contributed by atoms with Gasteiger partial charge < -0.3 is 9.90 Å². The first kappa shape index (κ1) is 8.77. The zero-order valence-corrected chi connectivity index (χ0v) is 7.28. The van der Waals surface area contributed by atoms with Crippen LogP contribution in [0.3, 0.4) is 0 Å². The lowest BCUT2D eigenvalue weighted by atomic mass is 10.4. The van der Waals surface area contributed by atoms with Crippen LogP contribution in [0.2, 0.25) is 0 Å². The number of carboxylic acid groups (broad SMARTS) is 1. The summed E-state index contributed by atoms with van der Waals surface area (Å²) in [5, 5.41) is 10.6. The van der Waals surface area contributed by atoms with Crippen molar-refractivity contribution in [2.24, 2.45) is 7.05 Å². The summed E-state index contributed by atoms with van der Waals surface area (Å²) in [6.07, 6.45) is 4.37. The van der Waals surface area contributed by atoms with E-state index in [0.717, 1.165) is 6.42 Å². The zero-order chi connectivity index (χ0) is 9.14. The number of aryl methyl sites for hydroxylation is 2. The van der Waals surface area contributed by atoms with Crippen molar-refractivity contribution in [2.75, 3.05) is 0 Å². The molecule has 0 spiro atoms. The maximum Gasteiger partial charge on any atom is 0.304 e. The maximum absolute atomic E-state index is 10.6. The molecule has 66 valence electrons. The summed E-state index contributed by atoms with van der Waals surface area (Å²) in [5.41, 5.74) is 0. The van der Waals surface area contributed by atoms with Crippen LogP contribution in [0.1, 0.15) is 24.0 Å². The van der Waals surface area contributed by atoms with Gasteiger partial charge in [-0.1, -0.05) is 6.92 Å². The highest BCUT2D eigenvalue weighted by Gasteiger charge is 2.13. The van der Waals surface area contributed by atoms with Crippen LogP contribution in [-0.4, -0.2) is 10.5 Å². The molecule has 4 heteroatoms. The van der Waals surface area contributed by atoms with Gasteiger partial charge in [-0.3, -0.25) is 0 Å². The minimum atomic E-state index is -1.13. The Kier molecular flexibility index (Phi) is 2.47. The molecule has 0 aromatic carbocycles. The quantitative estimate of drug-likeness (QED) is 0.548. The lowest BCUT2D eigenvalue weighted by molar-refractivity contribution is -0.675. The first-order valence-corrected chi connectivity index (χ1v) is 3.93. The van der Waals surface area contributed by atoms with Crippen molar-refractivity contribution in [3.8, 4) is 0 Å². The fourth-order valence-electron chi connectivity index (χ4n) is 1.21. The molecule has 0 bridgehead atoms. The lowest BCUT2D eigenvalue weighted by Crippen LogP contribution is -2.41. The van der Waals surface area contributed by atoms with E-state index in [4.69, 9.17) is 0 Å². The Morgan fingerprint density at radius 3 is 2.92 bits per heavy atom. The van der Waals surface area contributed by atoms with Gasteiger partial charge in [0.15, 0.2) is 5.97 Å². The van der Waals surface area contributed by atoms with Crippen LogP contribution in [0.25, 0.3) is 0 Å². The van der Waals surface area contributed by atoms with Crippen molar-refractivity contribution in [3.63, 3.8) is 0 Å². The van der Waals surface area contributed by atoms with Crippen LogP contribution < -0.4 is 9.67 Å². The first-order chi connectivity index (χ1) is 5.66. The Morgan fingerprint density at radius 1 is 1.75 bits per heavy atom. The number of aromatic nitrogens is 2. The molecule has 0 amide bonds. The van der Waals surface area contributed by atoms with Crippen LogP contribution in [0, 0.1) is 0 Å². The molecule has 0 saturated heterocycles. The van der Waals surface area contributed by atoms with Crippen molar-refractivity contribution in [3.05, 3.63) is 18.2 Å². The van der Waals surface area contributed by atoms with Crippen LogP contribution in [0.4, 0.5) is 0 Å². The molecule has 0 N–H and O–H groups in total. The van der Waals surface area contributed by atoms with Gasteiger partial charge >= 0.3 is 5.82 Å². The number of carboxylic acids is 1. The van der Waals surface area contributed by atoms with Crippen LogP contribution in [-0.2, 0) is 13.6 Å². The highest BCUT2D eigenvalue weighted by Crippen LogP contribution is 1.95. The second-order valence-electron chi connectivity index (χ2n) is 2.71. The summed E-state index contributed by atoms with van der Waals surface area (Å²) in [7, 11) is 1.69. The third kappa shape index (κ3) is 1.47. The number of nitrogens with zero attached hydrogens (tertiary/aromatic N) is 2. The van der Waals surface area contributed by atoms with Crippen LogP contribution in [0.5, 0.6) is 0 Å².